The Morgan fingerprint density at radius 1 is 1.09 bits per heavy atom. The number of nitrogens with zero attached hydrogens (tertiary/aromatic N) is 3. The number of carbonyl (C=O) groups is 1. The third-order valence-corrected chi connectivity index (χ3v) is 3.64. The Morgan fingerprint density at radius 3 is 2.52 bits per heavy atom. The van der Waals surface area contributed by atoms with E-state index >= 15 is 0 Å². The molecule has 0 saturated heterocycles. The van der Waals surface area contributed by atoms with Gasteiger partial charge in [-0.05, 0) is 24.3 Å². The molecule has 0 spiro atoms. The molecule has 0 aliphatic rings. The molecular formula is C17H14ClN3O2. The van der Waals surface area contributed by atoms with E-state index in [9.17, 15) is 4.79 Å². The van der Waals surface area contributed by atoms with E-state index in [0.29, 0.717) is 22.4 Å². The Morgan fingerprint density at radius 2 is 1.78 bits per heavy atom. The van der Waals surface area contributed by atoms with Gasteiger partial charge in [0.2, 0.25) is 11.8 Å². The van der Waals surface area contributed by atoms with E-state index in [1.165, 1.54) is 4.90 Å². The van der Waals surface area contributed by atoms with Crippen molar-refractivity contribution < 1.29 is 9.21 Å². The first-order valence-corrected chi connectivity index (χ1v) is 7.41. The maximum absolute atomic E-state index is 12.4. The van der Waals surface area contributed by atoms with Crippen LogP contribution in [0.3, 0.4) is 0 Å². The van der Waals surface area contributed by atoms with E-state index < -0.39 is 0 Å². The molecule has 116 valence electrons. The zero-order valence-electron chi connectivity index (χ0n) is 12.4. The molecule has 1 heterocycles. The summed E-state index contributed by atoms with van der Waals surface area (Å²) < 4.78 is 5.61. The van der Waals surface area contributed by atoms with Crippen molar-refractivity contribution in [3.8, 4) is 11.5 Å². The SMILES string of the molecule is CN(Cc1nnc(-c2ccccc2)o1)C(=O)c1ccccc1Cl. The fourth-order valence-electron chi connectivity index (χ4n) is 2.13. The van der Waals surface area contributed by atoms with Crippen LogP contribution in [0.25, 0.3) is 11.5 Å². The summed E-state index contributed by atoms with van der Waals surface area (Å²) in [5.74, 6) is 0.598. The number of amides is 1. The molecule has 0 radical (unpaired) electrons. The maximum Gasteiger partial charge on any atom is 0.255 e. The highest BCUT2D eigenvalue weighted by atomic mass is 35.5. The monoisotopic (exact) mass is 327 g/mol. The lowest BCUT2D eigenvalue weighted by Crippen LogP contribution is -2.26. The van der Waals surface area contributed by atoms with Crippen molar-refractivity contribution in [3.05, 3.63) is 71.1 Å². The van der Waals surface area contributed by atoms with Gasteiger partial charge in [0, 0.05) is 12.6 Å². The summed E-state index contributed by atoms with van der Waals surface area (Å²) in [6.45, 7) is 0.212. The van der Waals surface area contributed by atoms with E-state index in [-0.39, 0.29) is 12.5 Å². The van der Waals surface area contributed by atoms with Crippen LogP contribution >= 0.6 is 11.6 Å². The maximum atomic E-state index is 12.4. The topological polar surface area (TPSA) is 59.2 Å². The Kier molecular flexibility index (Phi) is 4.39. The van der Waals surface area contributed by atoms with Crippen LogP contribution < -0.4 is 0 Å². The van der Waals surface area contributed by atoms with Gasteiger partial charge in [-0.3, -0.25) is 4.79 Å². The summed E-state index contributed by atoms with van der Waals surface area (Å²) in [5.41, 5.74) is 1.28. The molecule has 23 heavy (non-hydrogen) atoms. The van der Waals surface area contributed by atoms with Crippen LogP contribution in [0.1, 0.15) is 16.2 Å². The smallest absolute Gasteiger partial charge is 0.255 e. The molecule has 0 unspecified atom stereocenters. The van der Waals surface area contributed by atoms with E-state index in [1.807, 2.05) is 30.3 Å². The van der Waals surface area contributed by atoms with Crippen LogP contribution in [0.15, 0.2) is 59.0 Å². The van der Waals surface area contributed by atoms with Crippen molar-refractivity contribution in [2.45, 2.75) is 6.54 Å². The number of carbonyl (C=O) groups excluding carboxylic acids is 1. The van der Waals surface area contributed by atoms with Crippen LogP contribution in [0, 0.1) is 0 Å². The van der Waals surface area contributed by atoms with Crippen LogP contribution in [0.4, 0.5) is 0 Å². The average Bonchev–Trinajstić information content (AvgIpc) is 3.04. The van der Waals surface area contributed by atoms with Crippen molar-refractivity contribution >= 4 is 17.5 Å². The Labute approximate surface area is 138 Å². The largest absolute Gasteiger partial charge is 0.419 e. The third kappa shape index (κ3) is 3.40. The lowest BCUT2D eigenvalue weighted by Gasteiger charge is -2.15. The molecular weight excluding hydrogens is 314 g/mol. The van der Waals surface area contributed by atoms with Crippen LogP contribution in [0.5, 0.6) is 0 Å². The Hall–Kier alpha value is -2.66. The average molecular weight is 328 g/mol. The molecule has 0 bridgehead atoms. The number of benzene rings is 2. The lowest BCUT2D eigenvalue weighted by atomic mass is 10.2. The second-order valence-corrected chi connectivity index (χ2v) is 5.42. The van der Waals surface area contributed by atoms with Gasteiger partial charge in [0.05, 0.1) is 17.1 Å². The van der Waals surface area contributed by atoms with Gasteiger partial charge in [-0.2, -0.15) is 0 Å². The summed E-state index contributed by atoms with van der Waals surface area (Å²) in [6.07, 6.45) is 0. The first kappa shape index (κ1) is 15.2. The van der Waals surface area contributed by atoms with Gasteiger partial charge in [0.25, 0.3) is 5.91 Å². The fraction of sp³-hybridized carbons (Fsp3) is 0.118. The molecule has 6 heteroatoms. The summed E-state index contributed by atoms with van der Waals surface area (Å²) in [6, 6.07) is 16.4. The molecule has 0 aliphatic carbocycles. The fourth-order valence-corrected chi connectivity index (χ4v) is 2.35. The number of hydrogen-bond acceptors (Lipinski definition) is 4. The van der Waals surface area contributed by atoms with E-state index in [2.05, 4.69) is 10.2 Å². The Balaban J connectivity index is 1.74. The molecule has 2 aromatic carbocycles. The zero-order chi connectivity index (χ0) is 16.2. The van der Waals surface area contributed by atoms with Crippen LogP contribution in [0.2, 0.25) is 5.02 Å². The lowest BCUT2D eigenvalue weighted by molar-refractivity contribution is 0.0773. The zero-order valence-corrected chi connectivity index (χ0v) is 13.2. The van der Waals surface area contributed by atoms with Gasteiger partial charge in [-0.15, -0.1) is 10.2 Å². The normalized spacial score (nSPS) is 10.5. The third-order valence-electron chi connectivity index (χ3n) is 3.31. The van der Waals surface area contributed by atoms with Gasteiger partial charge in [-0.1, -0.05) is 41.9 Å². The molecule has 0 fully saturated rings. The molecule has 5 nitrogen and oxygen atoms in total. The van der Waals surface area contributed by atoms with Gasteiger partial charge >= 0.3 is 0 Å². The van der Waals surface area contributed by atoms with Crippen molar-refractivity contribution in [3.63, 3.8) is 0 Å². The number of hydrogen-bond donors (Lipinski definition) is 0. The highest BCUT2D eigenvalue weighted by Gasteiger charge is 2.17. The summed E-state index contributed by atoms with van der Waals surface area (Å²) in [7, 11) is 1.66. The van der Waals surface area contributed by atoms with E-state index in [1.54, 1.807) is 31.3 Å². The van der Waals surface area contributed by atoms with E-state index in [4.69, 9.17) is 16.0 Å². The molecule has 0 aliphatic heterocycles. The standard InChI is InChI=1S/C17H14ClN3O2/c1-21(17(22)13-9-5-6-10-14(13)18)11-15-19-20-16(23-15)12-7-3-2-4-8-12/h2-10H,11H2,1H3. The molecule has 1 aromatic heterocycles. The first-order valence-electron chi connectivity index (χ1n) is 7.03. The highest BCUT2D eigenvalue weighted by molar-refractivity contribution is 6.33. The molecule has 1 amide bonds. The number of halogens is 1. The van der Waals surface area contributed by atoms with Crippen LogP contribution in [-0.4, -0.2) is 28.1 Å². The molecule has 0 saturated carbocycles. The second kappa shape index (κ2) is 6.62. The number of rotatable bonds is 4. The molecule has 3 rings (SSSR count). The second-order valence-electron chi connectivity index (χ2n) is 5.01. The van der Waals surface area contributed by atoms with Crippen molar-refractivity contribution in [2.24, 2.45) is 0 Å². The molecule has 0 N–H and O–H groups in total. The minimum Gasteiger partial charge on any atom is -0.419 e. The minimum absolute atomic E-state index is 0.199. The van der Waals surface area contributed by atoms with Gasteiger partial charge in [-0.25, -0.2) is 0 Å². The predicted octanol–water partition coefficient (Wildman–Crippen LogP) is 3.66. The summed E-state index contributed by atoms with van der Waals surface area (Å²) in [4.78, 5) is 13.9. The highest BCUT2D eigenvalue weighted by Crippen LogP contribution is 2.19. The number of aromatic nitrogens is 2. The van der Waals surface area contributed by atoms with Crippen molar-refractivity contribution in [2.75, 3.05) is 7.05 Å². The Bertz CT molecular complexity index is 817. The van der Waals surface area contributed by atoms with Gasteiger partial charge < -0.3 is 9.32 Å². The van der Waals surface area contributed by atoms with Gasteiger partial charge in [0.15, 0.2) is 0 Å². The van der Waals surface area contributed by atoms with E-state index in [0.717, 1.165) is 5.56 Å². The first-order chi connectivity index (χ1) is 11.1. The molecule has 3 aromatic rings. The van der Waals surface area contributed by atoms with Crippen molar-refractivity contribution in [1.82, 2.24) is 15.1 Å². The summed E-state index contributed by atoms with van der Waals surface area (Å²) in [5, 5.41) is 8.41. The predicted molar refractivity (Wildman–Crippen MR) is 87.0 cm³/mol. The van der Waals surface area contributed by atoms with Gasteiger partial charge in [0.1, 0.15) is 0 Å². The minimum atomic E-state index is -0.199. The van der Waals surface area contributed by atoms with Crippen LogP contribution in [-0.2, 0) is 6.54 Å². The quantitative estimate of drug-likeness (QED) is 0.733. The molecule has 0 atom stereocenters. The summed E-state index contributed by atoms with van der Waals surface area (Å²) >= 11 is 6.05. The van der Waals surface area contributed by atoms with Crippen molar-refractivity contribution in [1.29, 1.82) is 0 Å².